The molecule has 2 aliphatic rings. The number of hydrogen-bond donors (Lipinski definition) is 0. The monoisotopic (exact) mass is 262 g/mol. The van der Waals surface area contributed by atoms with Crippen LogP contribution in [0.1, 0.15) is 40.0 Å². The molecule has 0 aliphatic heterocycles. The fraction of sp³-hybridized carbons (Fsp3) is 0.625. The normalized spacial score (nSPS) is 37.3. The smallest absolute Gasteiger partial charge is 0.320 e. The Hall–Kier alpha value is -1.38. The van der Waals surface area contributed by atoms with Crippen LogP contribution in [0, 0.1) is 16.7 Å². The maximum atomic E-state index is 12.8. The van der Waals surface area contributed by atoms with Gasteiger partial charge in [-0.15, -0.1) is 0 Å². The van der Waals surface area contributed by atoms with Crippen molar-refractivity contribution in [1.82, 2.24) is 0 Å². The topological polar surface area (TPSA) is 43.4 Å². The van der Waals surface area contributed by atoms with Gasteiger partial charge < -0.3 is 4.74 Å². The zero-order valence-corrected chi connectivity index (χ0v) is 12.0. The van der Waals surface area contributed by atoms with Crippen molar-refractivity contribution in [2.45, 2.75) is 40.0 Å². The van der Waals surface area contributed by atoms with Gasteiger partial charge in [-0.1, -0.05) is 31.2 Å². The molecule has 0 amide bonds. The average Bonchev–Trinajstić information content (AvgIpc) is 2.51. The Bertz CT molecular complexity index is 476. The zero-order chi connectivity index (χ0) is 14.4. The van der Waals surface area contributed by atoms with Gasteiger partial charge in [-0.3, -0.25) is 9.59 Å². The lowest BCUT2D eigenvalue weighted by Gasteiger charge is -2.46. The van der Waals surface area contributed by atoms with E-state index in [9.17, 15) is 9.59 Å². The van der Waals surface area contributed by atoms with Gasteiger partial charge in [0.25, 0.3) is 0 Å². The summed E-state index contributed by atoms with van der Waals surface area (Å²) in [6, 6.07) is 0. The third kappa shape index (κ3) is 1.57. The average molecular weight is 262 g/mol. The molecule has 0 aromatic rings. The Morgan fingerprint density at radius 1 is 1.53 bits per heavy atom. The summed E-state index contributed by atoms with van der Waals surface area (Å²) in [5, 5.41) is 0. The van der Waals surface area contributed by atoms with Crippen molar-refractivity contribution in [1.29, 1.82) is 0 Å². The minimum atomic E-state index is -1.09. The Morgan fingerprint density at radius 2 is 2.16 bits per heavy atom. The van der Waals surface area contributed by atoms with Gasteiger partial charge >= 0.3 is 5.97 Å². The lowest BCUT2D eigenvalue weighted by Crippen LogP contribution is -2.54. The van der Waals surface area contributed by atoms with Gasteiger partial charge in [0, 0.05) is 11.3 Å². The van der Waals surface area contributed by atoms with E-state index < -0.39 is 16.8 Å². The Kier molecular flexibility index (Phi) is 3.20. The molecule has 2 bridgehead atoms. The number of ketones is 1. The van der Waals surface area contributed by atoms with E-state index in [2.05, 4.69) is 13.2 Å². The first-order chi connectivity index (χ1) is 8.81. The number of allylic oxidation sites excluding steroid dienone is 2. The first-order valence-corrected chi connectivity index (χ1v) is 6.86. The van der Waals surface area contributed by atoms with Crippen LogP contribution in [-0.2, 0) is 14.3 Å². The van der Waals surface area contributed by atoms with Crippen LogP contribution in [0.25, 0.3) is 0 Å². The molecule has 0 N–H and O–H groups in total. The summed E-state index contributed by atoms with van der Waals surface area (Å²) >= 11 is 0. The van der Waals surface area contributed by atoms with Crippen LogP contribution >= 0.6 is 0 Å². The second-order valence-corrected chi connectivity index (χ2v) is 6.03. The van der Waals surface area contributed by atoms with Crippen LogP contribution in [-0.4, -0.2) is 18.4 Å². The van der Waals surface area contributed by atoms with Crippen molar-refractivity contribution < 1.29 is 14.3 Å². The minimum Gasteiger partial charge on any atom is -0.465 e. The molecule has 0 radical (unpaired) electrons. The molecule has 19 heavy (non-hydrogen) atoms. The summed E-state index contributed by atoms with van der Waals surface area (Å²) in [6.07, 6.45) is 1.97. The van der Waals surface area contributed by atoms with E-state index in [1.54, 1.807) is 6.92 Å². The molecule has 0 aromatic carbocycles. The lowest BCUT2D eigenvalue weighted by atomic mass is 9.54. The number of hydrogen-bond acceptors (Lipinski definition) is 3. The summed E-state index contributed by atoms with van der Waals surface area (Å²) in [7, 11) is 0. The molecule has 3 nitrogen and oxygen atoms in total. The van der Waals surface area contributed by atoms with Crippen LogP contribution in [0.2, 0.25) is 0 Å². The summed E-state index contributed by atoms with van der Waals surface area (Å²) in [4.78, 5) is 25.3. The number of carbonyl (C=O) groups is 2. The van der Waals surface area contributed by atoms with E-state index >= 15 is 0 Å². The summed E-state index contributed by atoms with van der Waals surface area (Å²) in [5.41, 5.74) is 0.145. The quantitative estimate of drug-likeness (QED) is 0.446. The lowest BCUT2D eigenvalue weighted by molar-refractivity contribution is -0.169. The second kappa shape index (κ2) is 4.32. The van der Waals surface area contributed by atoms with Gasteiger partial charge in [0.2, 0.25) is 0 Å². The zero-order valence-electron chi connectivity index (χ0n) is 12.0. The molecule has 104 valence electrons. The SMILES string of the molecule is C=C1C[C@]2(C(=O)OCC)C(=O)C1CC[C@@]2(C)C(=C)C. The highest BCUT2D eigenvalue weighted by atomic mass is 16.5. The third-order valence-electron chi connectivity index (χ3n) is 5.16. The van der Waals surface area contributed by atoms with Crippen molar-refractivity contribution in [2.75, 3.05) is 6.61 Å². The van der Waals surface area contributed by atoms with E-state index in [-0.39, 0.29) is 18.3 Å². The van der Waals surface area contributed by atoms with Crippen molar-refractivity contribution in [3.63, 3.8) is 0 Å². The Balaban J connectivity index is 2.59. The second-order valence-electron chi connectivity index (χ2n) is 6.03. The van der Waals surface area contributed by atoms with E-state index in [1.807, 2.05) is 13.8 Å². The Morgan fingerprint density at radius 3 is 2.68 bits per heavy atom. The number of Topliss-reactive ketones (excluding diaryl/α,β-unsaturated/α-hetero) is 1. The van der Waals surface area contributed by atoms with E-state index in [0.29, 0.717) is 6.42 Å². The largest absolute Gasteiger partial charge is 0.465 e. The summed E-state index contributed by atoms with van der Waals surface area (Å²) in [5.74, 6) is -0.571. The van der Waals surface area contributed by atoms with Crippen LogP contribution in [0.3, 0.4) is 0 Å². The molecule has 1 unspecified atom stereocenters. The van der Waals surface area contributed by atoms with Crippen molar-refractivity contribution in [2.24, 2.45) is 16.7 Å². The molecule has 2 rings (SSSR count). The number of carbonyl (C=O) groups excluding carboxylic acids is 2. The summed E-state index contributed by atoms with van der Waals surface area (Å²) < 4.78 is 5.22. The van der Waals surface area contributed by atoms with Gasteiger partial charge in [-0.25, -0.2) is 0 Å². The maximum absolute atomic E-state index is 12.8. The predicted molar refractivity (Wildman–Crippen MR) is 73.5 cm³/mol. The van der Waals surface area contributed by atoms with Crippen LogP contribution in [0.15, 0.2) is 24.3 Å². The van der Waals surface area contributed by atoms with Gasteiger partial charge in [0.05, 0.1) is 6.61 Å². The summed E-state index contributed by atoms with van der Waals surface area (Å²) in [6.45, 7) is 13.9. The molecule has 0 saturated heterocycles. The van der Waals surface area contributed by atoms with Crippen LogP contribution in [0.5, 0.6) is 0 Å². The van der Waals surface area contributed by atoms with Crippen molar-refractivity contribution in [3.8, 4) is 0 Å². The molecule has 3 heteroatoms. The molecule has 0 aromatic heterocycles. The fourth-order valence-electron chi connectivity index (χ4n) is 3.71. The molecular weight excluding hydrogens is 240 g/mol. The third-order valence-corrected chi connectivity index (χ3v) is 5.16. The molecular formula is C16H22O3. The Labute approximate surface area is 114 Å². The van der Waals surface area contributed by atoms with Crippen LogP contribution < -0.4 is 0 Å². The molecule has 3 atom stereocenters. The first kappa shape index (κ1) is 14.0. The highest BCUT2D eigenvalue weighted by molar-refractivity contribution is 6.10. The highest BCUT2D eigenvalue weighted by Crippen LogP contribution is 2.63. The van der Waals surface area contributed by atoms with Gasteiger partial charge in [-0.05, 0) is 33.1 Å². The fourth-order valence-corrected chi connectivity index (χ4v) is 3.71. The van der Waals surface area contributed by atoms with E-state index in [1.165, 1.54) is 0 Å². The number of ether oxygens (including phenoxy) is 1. The maximum Gasteiger partial charge on any atom is 0.320 e. The van der Waals surface area contributed by atoms with E-state index in [4.69, 9.17) is 4.74 Å². The highest BCUT2D eigenvalue weighted by Gasteiger charge is 2.67. The van der Waals surface area contributed by atoms with Crippen molar-refractivity contribution >= 4 is 11.8 Å². The van der Waals surface area contributed by atoms with Crippen LogP contribution in [0.4, 0.5) is 0 Å². The number of fused-ring (bicyclic) bond motifs is 2. The van der Waals surface area contributed by atoms with Gasteiger partial charge in [0.15, 0.2) is 5.78 Å². The first-order valence-electron chi connectivity index (χ1n) is 6.86. The minimum absolute atomic E-state index is 0.00676. The van der Waals surface area contributed by atoms with Gasteiger partial charge in [-0.2, -0.15) is 0 Å². The molecule has 0 spiro atoms. The number of esters is 1. The standard InChI is InChI=1S/C16H22O3/c1-6-19-14(18)16-9-11(4)12(13(16)17)7-8-15(16,5)10(2)3/h12H,2,4,6-9H2,1,3,5H3/t12?,15-,16+/m0/s1. The molecule has 2 fully saturated rings. The number of rotatable bonds is 3. The predicted octanol–water partition coefficient (Wildman–Crippen LogP) is 3.06. The van der Waals surface area contributed by atoms with E-state index in [0.717, 1.165) is 24.0 Å². The van der Waals surface area contributed by atoms with Crippen molar-refractivity contribution in [3.05, 3.63) is 24.3 Å². The molecule has 0 heterocycles. The molecule has 2 saturated carbocycles. The molecule has 2 aliphatic carbocycles. The van der Waals surface area contributed by atoms with Gasteiger partial charge in [0.1, 0.15) is 5.41 Å².